The average Bonchev–Trinajstić information content (AvgIpc) is 2.45. The summed E-state index contributed by atoms with van der Waals surface area (Å²) in [5, 5.41) is 11.8. The molecule has 2 aromatic carbocycles. The van der Waals surface area contributed by atoms with Crippen LogP contribution < -0.4 is 4.74 Å². The molecule has 0 aliphatic carbocycles. The molecule has 4 heteroatoms. The quantitative estimate of drug-likeness (QED) is 0.518. The van der Waals surface area contributed by atoms with Gasteiger partial charge >= 0.3 is 0 Å². The van der Waals surface area contributed by atoms with Crippen molar-refractivity contribution < 1.29 is 14.3 Å². The third-order valence-corrected chi connectivity index (χ3v) is 2.72. The lowest BCUT2D eigenvalue weighted by molar-refractivity contribution is 0.305. The molecule has 0 atom stereocenters. The summed E-state index contributed by atoms with van der Waals surface area (Å²) in [5.74, 6) is 0.407. The van der Waals surface area contributed by atoms with Gasteiger partial charge in [-0.2, -0.15) is 0 Å². The minimum Gasteiger partial charge on any atom is -0.489 e. The predicted molar refractivity (Wildman–Crippen MR) is 71.2 cm³/mol. The van der Waals surface area contributed by atoms with Crippen LogP contribution in [0.5, 0.6) is 5.75 Å². The zero-order valence-corrected chi connectivity index (χ0v) is 10.5. The zero-order chi connectivity index (χ0) is 13.7. The van der Waals surface area contributed by atoms with Crippen LogP contribution in [0, 0.1) is 5.82 Å². The van der Waals surface area contributed by atoms with Crippen LogP contribution in [-0.2, 0) is 6.61 Å². The van der Waals surface area contributed by atoms with Crippen molar-refractivity contribution >= 4 is 5.71 Å². The second-order valence-corrected chi connectivity index (χ2v) is 4.13. The van der Waals surface area contributed by atoms with E-state index in [2.05, 4.69) is 5.16 Å². The Labute approximate surface area is 111 Å². The number of nitrogens with zero attached hydrogens (tertiary/aromatic N) is 1. The van der Waals surface area contributed by atoms with Gasteiger partial charge in [0, 0.05) is 0 Å². The van der Waals surface area contributed by atoms with E-state index in [0.717, 1.165) is 11.1 Å². The molecule has 0 spiro atoms. The molecule has 0 radical (unpaired) electrons. The van der Waals surface area contributed by atoms with Crippen LogP contribution in [-0.4, -0.2) is 10.9 Å². The maximum atomic E-state index is 13.0. The highest BCUT2D eigenvalue weighted by Gasteiger charge is 2.00. The first kappa shape index (κ1) is 13.1. The summed E-state index contributed by atoms with van der Waals surface area (Å²) in [7, 11) is 0. The lowest BCUT2D eigenvalue weighted by Gasteiger charge is -2.07. The Kier molecular flexibility index (Phi) is 4.13. The highest BCUT2D eigenvalue weighted by Crippen LogP contribution is 2.15. The molecule has 98 valence electrons. The predicted octanol–water partition coefficient (Wildman–Crippen LogP) is 3.60. The van der Waals surface area contributed by atoms with Gasteiger partial charge in [-0.15, -0.1) is 0 Å². The molecule has 0 aliphatic heterocycles. The largest absolute Gasteiger partial charge is 0.489 e. The van der Waals surface area contributed by atoms with Gasteiger partial charge in [-0.1, -0.05) is 17.3 Å². The summed E-state index contributed by atoms with van der Waals surface area (Å²) in [6.45, 7) is 2.02. The maximum absolute atomic E-state index is 13.0. The number of ether oxygens (including phenoxy) is 1. The van der Waals surface area contributed by atoms with Gasteiger partial charge in [0.1, 0.15) is 18.2 Å². The van der Waals surface area contributed by atoms with E-state index in [9.17, 15) is 4.39 Å². The number of oxime groups is 1. The normalized spacial score (nSPS) is 11.4. The Morgan fingerprint density at radius 2 is 1.95 bits per heavy atom. The van der Waals surface area contributed by atoms with Gasteiger partial charge < -0.3 is 9.94 Å². The summed E-state index contributed by atoms with van der Waals surface area (Å²) < 4.78 is 18.5. The van der Waals surface area contributed by atoms with Crippen molar-refractivity contribution in [3.63, 3.8) is 0 Å². The summed E-state index contributed by atoms with van der Waals surface area (Å²) in [4.78, 5) is 0. The summed E-state index contributed by atoms with van der Waals surface area (Å²) in [5.41, 5.74) is 2.13. The first-order valence-electron chi connectivity index (χ1n) is 5.85. The highest BCUT2D eigenvalue weighted by molar-refractivity contribution is 5.98. The standard InChI is InChI=1S/C15H14FNO2/c1-11(17-18)13-5-7-15(8-6-13)19-10-12-3-2-4-14(16)9-12/h2-9,18H,10H2,1H3/b17-11+. The lowest BCUT2D eigenvalue weighted by atomic mass is 10.1. The van der Waals surface area contributed by atoms with Crippen LogP contribution in [0.15, 0.2) is 53.7 Å². The zero-order valence-electron chi connectivity index (χ0n) is 10.5. The average molecular weight is 259 g/mol. The fourth-order valence-electron chi connectivity index (χ4n) is 1.64. The van der Waals surface area contributed by atoms with Crippen molar-refractivity contribution in [3.05, 3.63) is 65.5 Å². The first-order valence-corrected chi connectivity index (χ1v) is 5.85. The molecule has 19 heavy (non-hydrogen) atoms. The molecular weight excluding hydrogens is 245 g/mol. The molecule has 0 aromatic heterocycles. The molecule has 0 aliphatic rings. The number of hydrogen-bond acceptors (Lipinski definition) is 3. The van der Waals surface area contributed by atoms with E-state index in [-0.39, 0.29) is 5.82 Å². The Bertz CT molecular complexity index is 579. The molecule has 0 unspecified atom stereocenters. The Hall–Kier alpha value is -2.36. The fraction of sp³-hybridized carbons (Fsp3) is 0.133. The first-order chi connectivity index (χ1) is 9.19. The second kappa shape index (κ2) is 6.00. The Balaban J connectivity index is 2.00. The van der Waals surface area contributed by atoms with E-state index < -0.39 is 0 Å². The lowest BCUT2D eigenvalue weighted by Crippen LogP contribution is -1.97. The smallest absolute Gasteiger partial charge is 0.123 e. The summed E-state index contributed by atoms with van der Waals surface area (Å²) in [6, 6.07) is 13.5. The van der Waals surface area contributed by atoms with Crippen molar-refractivity contribution in [2.75, 3.05) is 0 Å². The molecule has 2 rings (SSSR count). The minimum absolute atomic E-state index is 0.272. The number of hydrogen-bond donors (Lipinski definition) is 1. The molecule has 0 fully saturated rings. The van der Waals surface area contributed by atoms with Gasteiger partial charge in [0.2, 0.25) is 0 Å². The van der Waals surface area contributed by atoms with E-state index in [0.29, 0.717) is 18.1 Å². The van der Waals surface area contributed by atoms with Crippen molar-refractivity contribution in [2.45, 2.75) is 13.5 Å². The van der Waals surface area contributed by atoms with E-state index >= 15 is 0 Å². The van der Waals surface area contributed by atoms with Crippen molar-refractivity contribution in [1.29, 1.82) is 0 Å². The van der Waals surface area contributed by atoms with E-state index in [1.165, 1.54) is 12.1 Å². The molecule has 0 amide bonds. The monoisotopic (exact) mass is 259 g/mol. The van der Waals surface area contributed by atoms with E-state index in [1.807, 2.05) is 0 Å². The van der Waals surface area contributed by atoms with Crippen LogP contribution in [0.2, 0.25) is 0 Å². The second-order valence-electron chi connectivity index (χ2n) is 4.13. The van der Waals surface area contributed by atoms with Gasteiger partial charge in [-0.05, 0) is 54.4 Å². The summed E-state index contributed by atoms with van der Waals surface area (Å²) >= 11 is 0. The Morgan fingerprint density at radius 3 is 2.58 bits per heavy atom. The van der Waals surface area contributed by atoms with Crippen LogP contribution >= 0.6 is 0 Å². The minimum atomic E-state index is -0.272. The number of halogens is 1. The van der Waals surface area contributed by atoms with Gasteiger partial charge in [-0.25, -0.2) is 4.39 Å². The van der Waals surface area contributed by atoms with Gasteiger partial charge in [0.05, 0.1) is 5.71 Å². The Morgan fingerprint density at radius 1 is 1.21 bits per heavy atom. The molecule has 0 heterocycles. The van der Waals surface area contributed by atoms with Crippen molar-refractivity contribution in [2.24, 2.45) is 5.16 Å². The number of benzene rings is 2. The fourth-order valence-corrected chi connectivity index (χ4v) is 1.64. The number of rotatable bonds is 4. The molecule has 2 aromatic rings. The van der Waals surface area contributed by atoms with Gasteiger partial charge in [-0.3, -0.25) is 0 Å². The molecule has 1 N–H and O–H groups in total. The third-order valence-electron chi connectivity index (χ3n) is 2.72. The van der Waals surface area contributed by atoms with E-state index in [4.69, 9.17) is 9.94 Å². The topological polar surface area (TPSA) is 41.8 Å². The van der Waals surface area contributed by atoms with Crippen LogP contribution in [0.4, 0.5) is 4.39 Å². The van der Waals surface area contributed by atoms with Gasteiger partial charge in [0.25, 0.3) is 0 Å². The highest BCUT2D eigenvalue weighted by atomic mass is 19.1. The molecule has 0 bridgehead atoms. The molecule has 3 nitrogen and oxygen atoms in total. The maximum Gasteiger partial charge on any atom is 0.123 e. The van der Waals surface area contributed by atoms with Crippen molar-refractivity contribution in [3.8, 4) is 5.75 Å². The van der Waals surface area contributed by atoms with E-state index in [1.54, 1.807) is 43.3 Å². The van der Waals surface area contributed by atoms with Crippen LogP contribution in [0.1, 0.15) is 18.1 Å². The molecule has 0 saturated carbocycles. The molecule has 0 saturated heterocycles. The van der Waals surface area contributed by atoms with Crippen LogP contribution in [0.25, 0.3) is 0 Å². The third kappa shape index (κ3) is 3.55. The summed E-state index contributed by atoms with van der Waals surface area (Å²) in [6.07, 6.45) is 0. The molecular formula is C15H14FNO2. The van der Waals surface area contributed by atoms with Crippen LogP contribution in [0.3, 0.4) is 0 Å². The van der Waals surface area contributed by atoms with Crippen molar-refractivity contribution in [1.82, 2.24) is 0 Å². The SMILES string of the molecule is C/C(=N\O)c1ccc(OCc2cccc(F)c2)cc1. The van der Waals surface area contributed by atoms with Gasteiger partial charge in [0.15, 0.2) is 0 Å².